The van der Waals surface area contributed by atoms with Crippen molar-refractivity contribution in [1.82, 2.24) is 4.98 Å². The molecule has 0 atom stereocenters. The maximum Gasteiger partial charge on any atom is 0.390 e. The lowest BCUT2D eigenvalue weighted by Gasteiger charge is -2.08. The first kappa shape index (κ1) is 16.6. The van der Waals surface area contributed by atoms with Crippen molar-refractivity contribution in [2.45, 2.75) is 17.5 Å². The van der Waals surface area contributed by atoms with Crippen LogP contribution in [0.25, 0.3) is 10.9 Å². The minimum atomic E-state index is -4.64. The molecule has 0 bridgehead atoms. The first-order valence-corrected chi connectivity index (χ1v) is 7.95. The molecule has 0 spiro atoms. The molecule has 0 unspecified atom stereocenters. The maximum absolute atomic E-state index is 12.3. The summed E-state index contributed by atoms with van der Waals surface area (Å²) in [5, 5.41) is 0.207. The molecule has 1 heterocycles. The summed E-state index contributed by atoms with van der Waals surface area (Å²) in [4.78, 5) is 13.3. The molecular formula is C12H10ClF3N2O3S. The van der Waals surface area contributed by atoms with Crippen molar-refractivity contribution in [3.8, 4) is 0 Å². The van der Waals surface area contributed by atoms with E-state index < -0.39 is 44.7 Å². The van der Waals surface area contributed by atoms with Crippen LogP contribution in [0.4, 0.5) is 13.2 Å². The first-order chi connectivity index (χ1) is 10.0. The van der Waals surface area contributed by atoms with Gasteiger partial charge >= 0.3 is 6.18 Å². The van der Waals surface area contributed by atoms with Crippen LogP contribution in [0.15, 0.2) is 23.1 Å². The normalized spacial score (nSPS) is 12.7. The van der Waals surface area contributed by atoms with Crippen molar-refractivity contribution in [2.75, 3.05) is 5.75 Å². The number of aromatic nitrogens is 1. The predicted octanol–water partition coefficient (Wildman–Crippen LogP) is 2.65. The molecule has 0 radical (unpaired) electrons. The number of fused-ring (bicyclic) bond motifs is 1. The number of sulfone groups is 1. The zero-order valence-corrected chi connectivity index (χ0v) is 12.4. The molecule has 0 saturated heterocycles. The first-order valence-electron chi connectivity index (χ1n) is 5.92. The summed E-state index contributed by atoms with van der Waals surface area (Å²) >= 11 is 5.77. The van der Waals surface area contributed by atoms with E-state index in [1.165, 1.54) is 18.2 Å². The van der Waals surface area contributed by atoms with Crippen molar-refractivity contribution in [3.05, 3.63) is 28.9 Å². The van der Waals surface area contributed by atoms with Crippen molar-refractivity contribution in [1.29, 1.82) is 0 Å². The molecule has 1 aromatic carbocycles. The van der Waals surface area contributed by atoms with Gasteiger partial charge in [-0.1, -0.05) is 11.6 Å². The van der Waals surface area contributed by atoms with Gasteiger partial charge in [0.25, 0.3) is 5.91 Å². The van der Waals surface area contributed by atoms with E-state index in [2.05, 4.69) is 4.98 Å². The van der Waals surface area contributed by atoms with Crippen LogP contribution in [0.5, 0.6) is 0 Å². The maximum atomic E-state index is 12.3. The van der Waals surface area contributed by atoms with Gasteiger partial charge in [0.15, 0.2) is 9.84 Å². The van der Waals surface area contributed by atoms with Gasteiger partial charge in [0.05, 0.1) is 12.2 Å². The third-order valence-electron chi connectivity index (χ3n) is 2.92. The van der Waals surface area contributed by atoms with Crippen LogP contribution in [-0.2, 0) is 9.84 Å². The number of alkyl halides is 3. The Hall–Kier alpha value is -1.74. The van der Waals surface area contributed by atoms with Crippen molar-refractivity contribution < 1.29 is 26.4 Å². The standard InChI is InChI=1S/C12H10ClF3N2O3S/c13-6-1-2-8-7(5-6)10(9(18-8)11(17)19)22(20,21)4-3-12(14,15)16/h1-2,5,18H,3-4H2,(H2,17,19). The minimum absolute atomic E-state index is 0.0310. The van der Waals surface area contributed by atoms with Gasteiger partial charge in [-0.05, 0) is 18.2 Å². The number of hydrogen-bond acceptors (Lipinski definition) is 3. The topological polar surface area (TPSA) is 93.0 Å². The van der Waals surface area contributed by atoms with E-state index in [9.17, 15) is 26.4 Å². The summed E-state index contributed by atoms with van der Waals surface area (Å²) in [6, 6.07) is 4.10. The number of aromatic amines is 1. The number of hydrogen-bond donors (Lipinski definition) is 2. The van der Waals surface area contributed by atoms with Crippen LogP contribution in [-0.4, -0.2) is 31.2 Å². The van der Waals surface area contributed by atoms with Gasteiger partial charge in [-0.15, -0.1) is 0 Å². The van der Waals surface area contributed by atoms with Crippen molar-refractivity contribution in [3.63, 3.8) is 0 Å². The SMILES string of the molecule is NC(=O)c1[nH]c2ccc(Cl)cc2c1S(=O)(=O)CCC(F)(F)F. The number of primary amides is 1. The highest BCUT2D eigenvalue weighted by molar-refractivity contribution is 7.91. The summed E-state index contributed by atoms with van der Waals surface area (Å²) < 4.78 is 61.3. The van der Waals surface area contributed by atoms with Crippen LogP contribution in [0, 0.1) is 0 Å². The lowest BCUT2D eigenvalue weighted by molar-refractivity contribution is -0.129. The highest BCUT2D eigenvalue weighted by Gasteiger charge is 2.33. The highest BCUT2D eigenvalue weighted by atomic mass is 35.5. The lowest BCUT2D eigenvalue weighted by atomic mass is 10.2. The van der Waals surface area contributed by atoms with Gasteiger partial charge in [-0.3, -0.25) is 4.79 Å². The van der Waals surface area contributed by atoms with Crippen molar-refractivity contribution in [2.24, 2.45) is 5.73 Å². The predicted molar refractivity (Wildman–Crippen MR) is 74.6 cm³/mol. The summed E-state index contributed by atoms with van der Waals surface area (Å²) in [6.07, 6.45) is -6.16. The second-order valence-corrected chi connectivity index (χ2v) is 7.05. The van der Waals surface area contributed by atoms with Gasteiger partial charge in [-0.2, -0.15) is 13.2 Å². The van der Waals surface area contributed by atoms with E-state index in [-0.39, 0.29) is 15.9 Å². The fraction of sp³-hybridized carbons (Fsp3) is 0.250. The fourth-order valence-corrected chi connectivity index (χ4v) is 3.83. The Morgan fingerprint density at radius 2 is 1.95 bits per heavy atom. The fourth-order valence-electron chi connectivity index (χ4n) is 1.99. The number of nitrogens with one attached hydrogen (secondary N) is 1. The van der Waals surface area contributed by atoms with Crippen LogP contribution in [0.3, 0.4) is 0 Å². The number of nitrogens with two attached hydrogens (primary N) is 1. The third-order valence-corrected chi connectivity index (χ3v) is 4.95. The highest BCUT2D eigenvalue weighted by Crippen LogP contribution is 2.31. The van der Waals surface area contributed by atoms with E-state index in [1.54, 1.807) is 0 Å². The quantitative estimate of drug-likeness (QED) is 0.883. The molecule has 3 N–H and O–H groups in total. The number of H-pyrrole nitrogens is 1. The number of benzene rings is 1. The van der Waals surface area contributed by atoms with Crippen LogP contribution in [0.2, 0.25) is 5.02 Å². The van der Waals surface area contributed by atoms with E-state index in [0.29, 0.717) is 0 Å². The molecule has 0 aliphatic heterocycles. The summed E-state index contributed by atoms with van der Waals surface area (Å²) in [5.41, 5.74) is 4.89. The molecule has 1 amide bonds. The second kappa shape index (κ2) is 5.47. The third kappa shape index (κ3) is 3.36. The van der Waals surface area contributed by atoms with Gasteiger partial charge in [0.2, 0.25) is 0 Å². The lowest BCUT2D eigenvalue weighted by Crippen LogP contribution is -2.20. The number of carbonyl (C=O) groups excluding carboxylic acids is 1. The van der Waals surface area contributed by atoms with E-state index in [0.717, 1.165) is 0 Å². The van der Waals surface area contributed by atoms with Gasteiger partial charge in [0.1, 0.15) is 10.6 Å². The molecular weight excluding hydrogens is 345 g/mol. The molecule has 120 valence electrons. The van der Waals surface area contributed by atoms with Crippen molar-refractivity contribution >= 4 is 38.2 Å². The van der Waals surface area contributed by atoms with Crippen LogP contribution in [0.1, 0.15) is 16.9 Å². The zero-order chi connectivity index (χ0) is 16.7. The molecule has 5 nitrogen and oxygen atoms in total. The van der Waals surface area contributed by atoms with E-state index in [1.807, 2.05) is 0 Å². The Balaban J connectivity index is 2.64. The Bertz CT molecular complexity index is 843. The summed E-state index contributed by atoms with van der Waals surface area (Å²) in [6.45, 7) is 0. The average Bonchev–Trinajstić information content (AvgIpc) is 2.75. The number of carbonyl (C=O) groups is 1. The van der Waals surface area contributed by atoms with Crippen LogP contribution >= 0.6 is 11.6 Å². The molecule has 0 fully saturated rings. The minimum Gasteiger partial charge on any atom is -0.364 e. The summed E-state index contributed by atoms with van der Waals surface area (Å²) in [7, 11) is -4.38. The average molecular weight is 355 g/mol. The Morgan fingerprint density at radius 1 is 1.32 bits per heavy atom. The molecule has 0 saturated carbocycles. The molecule has 2 aromatic rings. The zero-order valence-electron chi connectivity index (χ0n) is 10.9. The number of amides is 1. The van der Waals surface area contributed by atoms with Gasteiger partial charge in [0, 0.05) is 15.9 Å². The molecule has 0 aliphatic carbocycles. The Morgan fingerprint density at radius 3 is 2.50 bits per heavy atom. The number of rotatable bonds is 4. The monoisotopic (exact) mass is 354 g/mol. The molecule has 2 rings (SSSR count). The largest absolute Gasteiger partial charge is 0.390 e. The Kier molecular flexibility index (Phi) is 4.14. The second-order valence-electron chi connectivity index (χ2n) is 4.57. The van der Waals surface area contributed by atoms with Gasteiger partial charge in [-0.25, -0.2) is 8.42 Å². The summed E-state index contributed by atoms with van der Waals surface area (Å²) in [5.74, 6) is -2.27. The smallest absolute Gasteiger partial charge is 0.364 e. The molecule has 1 aromatic heterocycles. The Labute approximate surface area is 128 Å². The molecule has 22 heavy (non-hydrogen) atoms. The van der Waals surface area contributed by atoms with Gasteiger partial charge < -0.3 is 10.7 Å². The van der Waals surface area contributed by atoms with E-state index >= 15 is 0 Å². The molecule has 10 heteroatoms. The van der Waals surface area contributed by atoms with Crippen LogP contribution < -0.4 is 5.73 Å². The van der Waals surface area contributed by atoms with E-state index in [4.69, 9.17) is 17.3 Å². The molecule has 0 aliphatic rings. The number of halogens is 4.